The third-order valence-corrected chi connectivity index (χ3v) is 1.00. The summed E-state index contributed by atoms with van der Waals surface area (Å²) in [6.45, 7) is 7.02. The Labute approximate surface area is 51.7 Å². The van der Waals surface area contributed by atoms with Gasteiger partial charge in [-0.2, -0.15) is 0 Å². The highest BCUT2D eigenvalue weighted by Gasteiger charge is 1.81. The molecule has 0 atom stereocenters. The van der Waals surface area contributed by atoms with Crippen LogP contribution < -0.4 is 16.3 Å². The van der Waals surface area contributed by atoms with Crippen LogP contribution in [0.4, 0.5) is 0 Å². The zero-order chi connectivity index (χ0) is 6.85. The molecule has 2 nitrogen and oxygen atoms in total. The second-order valence-corrected chi connectivity index (χ2v) is 1.70. The number of rotatable bonds is 0. The van der Waals surface area contributed by atoms with Crippen molar-refractivity contribution in [2.45, 2.75) is 0 Å². The maximum atomic E-state index is 10.4. The van der Waals surface area contributed by atoms with Crippen molar-refractivity contribution in [3.8, 4) is 0 Å². The summed E-state index contributed by atoms with van der Waals surface area (Å²) in [6.07, 6.45) is 0. The summed E-state index contributed by atoms with van der Waals surface area (Å²) in [6, 6.07) is 2.89. The van der Waals surface area contributed by atoms with Gasteiger partial charge in [0.15, 0.2) is 0 Å². The van der Waals surface area contributed by atoms with Gasteiger partial charge in [0.1, 0.15) is 5.42 Å². The molecule has 0 aliphatic carbocycles. The summed E-state index contributed by atoms with van der Waals surface area (Å²) in [4.78, 5) is 10.4. The second-order valence-electron chi connectivity index (χ2n) is 1.70. The van der Waals surface area contributed by atoms with Gasteiger partial charge in [0, 0.05) is 11.3 Å². The molecule has 0 unspecified atom stereocenters. The molecule has 0 radical (unpaired) electrons. The zero-order valence-electron chi connectivity index (χ0n) is 4.89. The lowest BCUT2D eigenvalue weighted by Gasteiger charge is -1.80. The smallest absolute Gasteiger partial charge is 0.336 e. The van der Waals surface area contributed by atoms with E-state index in [0.29, 0.717) is 10.6 Å². The quantitative estimate of drug-likeness (QED) is 0.462. The molecule has 1 heterocycles. The van der Waals surface area contributed by atoms with E-state index in [1.807, 2.05) is 0 Å². The molecule has 0 amide bonds. The van der Waals surface area contributed by atoms with Crippen LogP contribution in [0.3, 0.4) is 0 Å². The number of hydrogen-bond acceptors (Lipinski definition) is 2. The Morgan fingerprint density at radius 1 is 1.33 bits per heavy atom. The molecule has 0 saturated carbocycles. The van der Waals surface area contributed by atoms with Crippen LogP contribution >= 0.6 is 0 Å². The van der Waals surface area contributed by atoms with Gasteiger partial charge in [-0.1, -0.05) is 13.2 Å². The molecular weight excluding hydrogens is 116 g/mol. The van der Waals surface area contributed by atoms with Crippen molar-refractivity contribution in [2.75, 3.05) is 0 Å². The lowest BCUT2D eigenvalue weighted by molar-refractivity contribution is 0.475. The van der Waals surface area contributed by atoms with Crippen LogP contribution in [0, 0.1) is 0 Å². The Balaban J connectivity index is 3.73. The topological polar surface area (TPSA) is 30.2 Å². The summed E-state index contributed by atoms with van der Waals surface area (Å²) >= 11 is 0. The maximum Gasteiger partial charge on any atom is 0.336 e. The molecule has 0 saturated heterocycles. The summed E-state index contributed by atoms with van der Waals surface area (Å²) in [5.41, 5.74) is -0.0464. The fourth-order valence-electron chi connectivity index (χ4n) is 0.483. The average Bonchev–Trinajstić information content (AvgIpc) is 1.80. The van der Waals surface area contributed by atoms with E-state index < -0.39 is 0 Å². The first-order chi connectivity index (χ1) is 4.20. The Morgan fingerprint density at radius 3 is 2.44 bits per heavy atom. The molecule has 0 aromatic carbocycles. The lowest BCUT2D eigenvalue weighted by atomic mass is 10.4. The van der Waals surface area contributed by atoms with E-state index in [1.54, 1.807) is 6.07 Å². The minimum absolute atomic E-state index is 0.336. The van der Waals surface area contributed by atoms with Crippen LogP contribution in [0.1, 0.15) is 0 Å². The van der Waals surface area contributed by atoms with Gasteiger partial charge in [-0.05, 0) is 6.07 Å². The van der Waals surface area contributed by atoms with Gasteiger partial charge < -0.3 is 4.42 Å². The van der Waals surface area contributed by atoms with E-state index in [0.717, 1.165) is 0 Å². The summed E-state index contributed by atoms with van der Waals surface area (Å²) in [5, 5.41) is 0.648. The fourth-order valence-corrected chi connectivity index (χ4v) is 0.483. The van der Waals surface area contributed by atoms with Crippen molar-refractivity contribution in [2.24, 2.45) is 0 Å². The van der Waals surface area contributed by atoms with Gasteiger partial charge >= 0.3 is 5.63 Å². The Hall–Kier alpha value is -1.31. The van der Waals surface area contributed by atoms with Crippen LogP contribution in [0.2, 0.25) is 0 Å². The predicted octanol–water partition coefficient (Wildman–Crippen LogP) is -0.540. The zero-order valence-corrected chi connectivity index (χ0v) is 4.89. The SMILES string of the molecule is C=c1ccc(=O)oc1=C. The number of hydrogen-bond donors (Lipinski definition) is 0. The van der Waals surface area contributed by atoms with Gasteiger partial charge in [0.05, 0.1) is 0 Å². The fraction of sp³-hybridized carbons (Fsp3) is 0. The summed E-state index contributed by atoms with van der Waals surface area (Å²) in [7, 11) is 0. The third-order valence-electron chi connectivity index (χ3n) is 1.00. The molecule has 0 N–H and O–H groups in total. The standard InChI is InChI=1S/C7H6O2/c1-5-3-4-7(8)9-6(5)2/h3-4H,1-2H2. The summed E-state index contributed by atoms with van der Waals surface area (Å²) < 4.78 is 4.58. The van der Waals surface area contributed by atoms with E-state index >= 15 is 0 Å². The molecule has 0 aliphatic rings. The largest absolute Gasteiger partial charge is 0.423 e. The predicted molar refractivity (Wildman–Crippen MR) is 35.3 cm³/mol. The molecule has 0 fully saturated rings. The first kappa shape index (κ1) is 5.82. The first-order valence-electron chi connectivity index (χ1n) is 2.48. The van der Waals surface area contributed by atoms with Gasteiger partial charge in [0.25, 0.3) is 0 Å². The van der Waals surface area contributed by atoms with Gasteiger partial charge in [-0.25, -0.2) is 4.79 Å². The average molecular weight is 122 g/mol. The van der Waals surface area contributed by atoms with Gasteiger partial charge in [-0.15, -0.1) is 0 Å². The van der Waals surface area contributed by atoms with Crippen LogP contribution in [-0.4, -0.2) is 0 Å². The highest BCUT2D eigenvalue weighted by Crippen LogP contribution is 1.55. The minimum Gasteiger partial charge on any atom is -0.423 e. The van der Waals surface area contributed by atoms with E-state index in [1.165, 1.54) is 6.07 Å². The molecule has 0 aliphatic heterocycles. The Morgan fingerprint density at radius 2 is 2.00 bits per heavy atom. The van der Waals surface area contributed by atoms with Crippen LogP contribution in [0.25, 0.3) is 13.2 Å². The highest BCUT2D eigenvalue weighted by atomic mass is 16.4. The molecule has 1 aromatic rings. The first-order valence-corrected chi connectivity index (χ1v) is 2.48. The second kappa shape index (κ2) is 1.90. The molecular formula is C7H6O2. The molecule has 0 bridgehead atoms. The van der Waals surface area contributed by atoms with Gasteiger partial charge in [0.2, 0.25) is 0 Å². The normalized spacial score (nSPS) is 9.33. The van der Waals surface area contributed by atoms with Crippen molar-refractivity contribution in [3.63, 3.8) is 0 Å². The van der Waals surface area contributed by atoms with Crippen molar-refractivity contribution >= 4 is 13.2 Å². The molecule has 2 heteroatoms. The highest BCUT2D eigenvalue weighted by molar-refractivity contribution is 5.06. The van der Waals surface area contributed by atoms with E-state index in [2.05, 4.69) is 17.6 Å². The lowest BCUT2D eigenvalue weighted by Crippen LogP contribution is -2.25. The van der Waals surface area contributed by atoms with Crippen molar-refractivity contribution < 1.29 is 4.42 Å². The Bertz CT molecular complexity index is 348. The molecule has 1 aromatic heterocycles. The molecule has 1 rings (SSSR count). The molecule has 0 spiro atoms. The van der Waals surface area contributed by atoms with Crippen LogP contribution in [0.15, 0.2) is 21.3 Å². The van der Waals surface area contributed by atoms with Crippen molar-refractivity contribution in [1.82, 2.24) is 0 Å². The van der Waals surface area contributed by atoms with Crippen LogP contribution in [-0.2, 0) is 0 Å². The maximum absolute atomic E-state index is 10.4. The van der Waals surface area contributed by atoms with Gasteiger partial charge in [-0.3, -0.25) is 0 Å². The minimum atomic E-state index is -0.382. The third kappa shape index (κ3) is 1.08. The van der Waals surface area contributed by atoms with E-state index in [-0.39, 0.29) is 5.63 Å². The van der Waals surface area contributed by atoms with Crippen molar-refractivity contribution in [3.05, 3.63) is 33.2 Å². The monoisotopic (exact) mass is 122 g/mol. The molecule has 9 heavy (non-hydrogen) atoms. The summed E-state index contributed by atoms with van der Waals surface area (Å²) in [5.74, 6) is 0. The molecule has 46 valence electrons. The van der Waals surface area contributed by atoms with Crippen LogP contribution in [0.5, 0.6) is 0 Å². The Kier molecular flexibility index (Phi) is 1.23. The van der Waals surface area contributed by atoms with E-state index in [9.17, 15) is 4.79 Å². The van der Waals surface area contributed by atoms with Crippen molar-refractivity contribution in [1.29, 1.82) is 0 Å². The van der Waals surface area contributed by atoms with E-state index in [4.69, 9.17) is 0 Å².